The van der Waals surface area contributed by atoms with Crippen LogP contribution in [0.15, 0.2) is 48.5 Å². The number of nitrogens with zero attached hydrogens (tertiary/aromatic N) is 1. The van der Waals surface area contributed by atoms with E-state index in [1.807, 2.05) is 31.2 Å². The summed E-state index contributed by atoms with van der Waals surface area (Å²) in [6.45, 7) is 4.59. The number of anilines is 1. The summed E-state index contributed by atoms with van der Waals surface area (Å²) >= 11 is 5.88. The van der Waals surface area contributed by atoms with Gasteiger partial charge in [-0.25, -0.2) is 8.42 Å². The molecule has 0 aliphatic heterocycles. The van der Waals surface area contributed by atoms with Crippen LogP contribution in [-0.2, 0) is 21.2 Å². The normalized spacial score (nSPS) is 12.3. The molecule has 158 valence electrons. The summed E-state index contributed by atoms with van der Waals surface area (Å²) in [4.78, 5) is 12.5. The van der Waals surface area contributed by atoms with Crippen molar-refractivity contribution in [2.24, 2.45) is 0 Å². The molecule has 0 aliphatic rings. The number of hydrogen-bond donors (Lipinski definition) is 1. The molecule has 2 aromatic carbocycles. The Kier molecular flexibility index (Phi) is 8.34. The smallest absolute Gasteiger partial charge is 0.243 e. The fraction of sp³-hybridized carbons (Fsp3) is 0.381. The van der Waals surface area contributed by atoms with Gasteiger partial charge >= 0.3 is 0 Å². The largest absolute Gasteiger partial charge is 0.494 e. The van der Waals surface area contributed by atoms with E-state index in [-0.39, 0.29) is 5.91 Å². The Morgan fingerprint density at radius 1 is 1.14 bits per heavy atom. The highest BCUT2D eigenvalue weighted by Gasteiger charge is 2.28. The second-order valence-electron chi connectivity index (χ2n) is 6.68. The Labute approximate surface area is 177 Å². The van der Waals surface area contributed by atoms with Crippen LogP contribution in [0.1, 0.15) is 25.8 Å². The lowest BCUT2D eigenvalue weighted by Gasteiger charge is -2.28. The molecule has 0 spiro atoms. The summed E-state index contributed by atoms with van der Waals surface area (Å²) in [6, 6.07) is 13.3. The zero-order valence-corrected chi connectivity index (χ0v) is 18.5. The first-order valence-electron chi connectivity index (χ1n) is 9.46. The van der Waals surface area contributed by atoms with Gasteiger partial charge in [-0.15, -0.1) is 0 Å². The van der Waals surface area contributed by atoms with Gasteiger partial charge in [-0.1, -0.05) is 23.7 Å². The molecule has 0 unspecified atom stereocenters. The van der Waals surface area contributed by atoms with E-state index in [4.69, 9.17) is 16.3 Å². The summed E-state index contributed by atoms with van der Waals surface area (Å²) in [5.41, 5.74) is 1.55. The van der Waals surface area contributed by atoms with Gasteiger partial charge in [0.25, 0.3) is 0 Å². The number of ether oxygens (including phenoxy) is 1. The maximum absolute atomic E-state index is 12.5. The fourth-order valence-corrected chi connectivity index (χ4v) is 4.27. The Morgan fingerprint density at radius 3 is 2.31 bits per heavy atom. The second kappa shape index (κ2) is 10.5. The van der Waals surface area contributed by atoms with E-state index in [0.29, 0.717) is 23.9 Å². The molecule has 0 heterocycles. The number of hydrogen-bond acceptors (Lipinski definition) is 4. The van der Waals surface area contributed by atoms with Crippen molar-refractivity contribution < 1.29 is 17.9 Å². The lowest BCUT2D eigenvalue weighted by atomic mass is 10.1. The minimum absolute atomic E-state index is 0.350. The Morgan fingerprint density at radius 2 is 1.76 bits per heavy atom. The molecule has 8 heteroatoms. The third-order valence-corrected chi connectivity index (χ3v) is 5.84. The molecular weight excluding hydrogens is 412 g/mol. The van der Waals surface area contributed by atoms with Gasteiger partial charge in [-0.05, 0) is 68.7 Å². The van der Waals surface area contributed by atoms with Crippen molar-refractivity contribution in [3.63, 3.8) is 0 Å². The summed E-state index contributed by atoms with van der Waals surface area (Å²) in [7, 11) is -3.64. The van der Waals surface area contributed by atoms with Gasteiger partial charge in [0.2, 0.25) is 15.9 Å². The first-order valence-corrected chi connectivity index (χ1v) is 11.7. The molecule has 1 atom stereocenters. The van der Waals surface area contributed by atoms with Crippen LogP contribution in [0.25, 0.3) is 0 Å². The molecule has 0 fully saturated rings. The van der Waals surface area contributed by atoms with Crippen LogP contribution in [0, 0.1) is 0 Å². The SMILES string of the molecule is CCOc1ccc(CCCNC(=O)[C@@H](C)N(c2ccc(Cl)cc2)S(C)(=O)=O)cc1. The molecule has 0 aromatic heterocycles. The van der Waals surface area contributed by atoms with E-state index in [1.54, 1.807) is 31.2 Å². The van der Waals surface area contributed by atoms with Gasteiger partial charge < -0.3 is 10.1 Å². The minimum Gasteiger partial charge on any atom is -0.494 e. The van der Waals surface area contributed by atoms with Crippen LogP contribution in [0.4, 0.5) is 5.69 Å². The van der Waals surface area contributed by atoms with Crippen LogP contribution >= 0.6 is 11.6 Å². The predicted molar refractivity (Wildman–Crippen MR) is 117 cm³/mol. The Bertz CT molecular complexity index is 899. The number of nitrogens with one attached hydrogen (secondary N) is 1. The molecule has 6 nitrogen and oxygen atoms in total. The highest BCUT2D eigenvalue weighted by Crippen LogP contribution is 2.23. The first kappa shape index (κ1) is 23.0. The standard InChI is InChI=1S/C21H27ClN2O4S/c1-4-28-20-13-7-17(8-14-20)6-5-15-23-21(25)16(2)24(29(3,26)27)19-11-9-18(22)10-12-19/h7-14,16H,4-6,15H2,1-3H3,(H,23,25)/t16-/m1/s1. The van der Waals surface area contributed by atoms with Crippen LogP contribution < -0.4 is 14.4 Å². The highest BCUT2D eigenvalue weighted by atomic mass is 35.5. The van der Waals surface area contributed by atoms with Crippen LogP contribution in [-0.4, -0.2) is 39.8 Å². The second-order valence-corrected chi connectivity index (χ2v) is 8.98. The van der Waals surface area contributed by atoms with E-state index in [1.165, 1.54) is 0 Å². The summed E-state index contributed by atoms with van der Waals surface area (Å²) in [5, 5.41) is 3.32. The molecule has 0 bridgehead atoms. The van der Waals surface area contributed by atoms with E-state index < -0.39 is 16.1 Å². The van der Waals surface area contributed by atoms with Crippen molar-refractivity contribution in [1.29, 1.82) is 0 Å². The average Bonchev–Trinajstić information content (AvgIpc) is 2.67. The minimum atomic E-state index is -3.64. The number of aryl methyl sites for hydroxylation is 1. The molecule has 29 heavy (non-hydrogen) atoms. The van der Waals surface area contributed by atoms with Crippen molar-refractivity contribution in [3.8, 4) is 5.75 Å². The molecule has 0 saturated carbocycles. The third-order valence-electron chi connectivity index (χ3n) is 4.35. The maximum atomic E-state index is 12.5. The van der Waals surface area contributed by atoms with E-state index in [0.717, 1.165) is 34.7 Å². The predicted octanol–water partition coefficient (Wildman–Crippen LogP) is 3.64. The zero-order valence-electron chi connectivity index (χ0n) is 16.9. The number of amides is 1. The quantitative estimate of drug-likeness (QED) is 0.574. The summed E-state index contributed by atoms with van der Waals surface area (Å²) < 4.78 is 31.0. The van der Waals surface area contributed by atoms with Gasteiger partial charge in [0, 0.05) is 11.6 Å². The number of rotatable bonds is 10. The van der Waals surface area contributed by atoms with Crippen molar-refractivity contribution in [2.45, 2.75) is 32.7 Å². The van der Waals surface area contributed by atoms with Crippen LogP contribution in [0.5, 0.6) is 5.75 Å². The monoisotopic (exact) mass is 438 g/mol. The lowest BCUT2D eigenvalue weighted by Crippen LogP contribution is -2.48. The molecule has 1 N–H and O–H groups in total. The van der Waals surface area contributed by atoms with Gasteiger partial charge in [0.05, 0.1) is 18.6 Å². The molecule has 0 aliphatic carbocycles. The highest BCUT2D eigenvalue weighted by molar-refractivity contribution is 7.92. The molecular formula is C21H27ClN2O4S. The topological polar surface area (TPSA) is 75.7 Å². The van der Waals surface area contributed by atoms with Crippen molar-refractivity contribution in [3.05, 3.63) is 59.1 Å². The number of carbonyl (C=O) groups is 1. The van der Waals surface area contributed by atoms with E-state index in [9.17, 15) is 13.2 Å². The van der Waals surface area contributed by atoms with Crippen LogP contribution in [0.2, 0.25) is 5.02 Å². The number of carbonyl (C=O) groups excluding carboxylic acids is 1. The van der Waals surface area contributed by atoms with Crippen molar-refractivity contribution >= 4 is 33.2 Å². The van der Waals surface area contributed by atoms with Gasteiger partial charge in [0.15, 0.2) is 0 Å². The molecule has 0 radical (unpaired) electrons. The average molecular weight is 439 g/mol. The third kappa shape index (κ3) is 6.94. The van der Waals surface area contributed by atoms with Crippen molar-refractivity contribution in [2.75, 3.05) is 23.7 Å². The van der Waals surface area contributed by atoms with E-state index in [2.05, 4.69) is 5.32 Å². The summed E-state index contributed by atoms with van der Waals surface area (Å²) in [5.74, 6) is 0.485. The van der Waals surface area contributed by atoms with Gasteiger partial charge in [-0.2, -0.15) is 0 Å². The lowest BCUT2D eigenvalue weighted by molar-refractivity contribution is -0.121. The van der Waals surface area contributed by atoms with Gasteiger partial charge in [-0.3, -0.25) is 9.10 Å². The molecule has 0 saturated heterocycles. The Hall–Kier alpha value is -2.25. The Balaban J connectivity index is 1.91. The van der Waals surface area contributed by atoms with Crippen LogP contribution in [0.3, 0.4) is 0 Å². The first-order chi connectivity index (χ1) is 13.7. The fourth-order valence-electron chi connectivity index (χ4n) is 2.97. The van der Waals surface area contributed by atoms with Crippen molar-refractivity contribution in [1.82, 2.24) is 5.32 Å². The molecule has 2 aromatic rings. The van der Waals surface area contributed by atoms with Gasteiger partial charge in [0.1, 0.15) is 11.8 Å². The number of sulfonamides is 1. The summed E-state index contributed by atoms with van der Waals surface area (Å²) in [6.07, 6.45) is 2.62. The molecule has 2 rings (SSSR count). The van der Waals surface area contributed by atoms with E-state index >= 15 is 0 Å². The molecule has 1 amide bonds. The maximum Gasteiger partial charge on any atom is 0.243 e. The zero-order chi connectivity index (χ0) is 21.4. The number of benzene rings is 2. The number of halogens is 1.